The van der Waals surface area contributed by atoms with Gasteiger partial charge < -0.3 is 14.8 Å². The van der Waals surface area contributed by atoms with Gasteiger partial charge in [0.1, 0.15) is 11.5 Å². The largest absolute Gasteiger partial charge is 0.497 e. The normalized spacial score (nSPS) is 11.0. The Morgan fingerprint density at radius 1 is 1.43 bits per heavy atom. The molecule has 21 heavy (non-hydrogen) atoms. The lowest BCUT2D eigenvalue weighted by Gasteiger charge is -2.16. The molecule has 0 radical (unpaired) electrons. The molecular weight excluding hydrogens is 290 g/mol. The molecule has 0 spiro atoms. The molecular formula is C14H19N3O3S. The van der Waals surface area contributed by atoms with Crippen LogP contribution in [0.4, 0.5) is 0 Å². The minimum atomic E-state index is -0.688. The van der Waals surface area contributed by atoms with Gasteiger partial charge in [-0.3, -0.25) is 15.6 Å². The third-order valence-corrected chi connectivity index (χ3v) is 2.68. The fourth-order valence-electron chi connectivity index (χ4n) is 1.36. The van der Waals surface area contributed by atoms with E-state index in [1.807, 2.05) is 0 Å². The van der Waals surface area contributed by atoms with Crippen molar-refractivity contribution in [3.8, 4) is 11.5 Å². The average Bonchev–Trinajstić information content (AvgIpc) is 2.50. The molecule has 0 aliphatic rings. The molecule has 1 rings (SSSR count). The number of hydrazine groups is 1. The molecule has 1 amide bonds. The van der Waals surface area contributed by atoms with E-state index in [-0.39, 0.29) is 5.91 Å². The second-order valence-corrected chi connectivity index (χ2v) is 4.46. The van der Waals surface area contributed by atoms with Crippen LogP contribution in [0, 0.1) is 0 Å². The number of nitrogens with one attached hydrogen (secondary N) is 3. The number of methoxy groups -OCH3 is 1. The number of carbonyl (C=O) groups is 1. The first kappa shape index (κ1) is 16.8. The van der Waals surface area contributed by atoms with Gasteiger partial charge in [0.05, 0.1) is 7.11 Å². The summed E-state index contributed by atoms with van der Waals surface area (Å²) in [5, 5.41) is 3.12. The zero-order valence-electron chi connectivity index (χ0n) is 12.0. The molecule has 1 unspecified atom stereocenters. The molecule has 1 aromatic rings. The van der Waals surface area contributed by atoms with E-state index in [4.69, 9.17) is 21.7 Å². The minimum Gasteiger partial charge on any atom is -0.497 e. The number of benzene rings is 1. The second-order valence-electron chi connectivity index (χ2n) is 4.05. The van der Waals surface area contributed by atoms with E-state index >= 15 is 0 Å². The van der Waals surface area contributed by atoms with Crippen LogP contribution in [-0.2, 0) is 4.79 Å². The van der Waals surface area contributed by atoms with Crippen LogP contribution in [0.3, 0.4) is 0 Å². The van der Waals surface area contributed by atoms with Crippen molar-refractivity contribution in [2.75, 3.05) is 13.7 Å². The molecule has 0 heterocycles. The summed E-state index contributed by atoms with van der Waals surface area (Å²) in [7, 11) is 1.57. The van der Waals surface area contributed by atoms with E-state index in [0.29, 0.717) is 23.2 Å². The first-order valence-corrected chi connectivity index (χ1v) is 6.73. The quantitative estimate of drug-likeness (QED) is 0.416. The Morgan fingerprint density at radius 2 is 2.14 bits per heavy atom. The van der Waals surface area contributed by atoms with Gasteiger partial charge in [0, 0.05) is 12.6 Å². The zero-order chi connectivity index (χ0) is 15.7. The fourth-order valence-corrected chi connectivity index (χ4v) is 1.50. The summed E-state index contributed by atoms with van der Waals surface area (Å²) >= 11 is 4.94. The van der Waals surface area contributed by atoms with Crippen LogP contribution in [0.25, 0.3) is 0 Å². The van der Waals surface area contributed by atoms with E-state index < -0.39 is 6.10 Å². The van der Waals surface area contributed by atoms with Crippen molar-refractivity contribution in [2.45, 2.75) is 13.0 Å². The van der Waals surface area contributed by atoms with E-state index in [1.54, 1.807) is 44.4 Å². The third kappa shape index (κ3) is 6.13. The van der Waals surface area contributed by atoms with E-state index in [1.165, 1.54) is 0 Å². The average molecular weight is 309 g/mol. The topological polar surface area (TPSA) is 71.6 Å². The van der Waals surface area contributed by atoms with Gasteiger partial charge in [-0.1, -0.05) is 12.1 Å². The van der Waals surface area contributed by atoms with Crippen LogP contribution < -0.4 is 25.6 Å². The van der Waals surface area contributed by atoms with Crippen LogP contribution in [0.15, 0.2) is 36.9 Å². The highest BCUT2D eigenvalue weighted by molar-refractivity contribution is 7.80. The van der Waals surface area contributed by atoms with Gasteiger partial charge in [0.2, 0.25) is 0 Å². The maximum Gasteiger partial charge on any atom is 0.279 e. The van der Waals surface area contributed by atoms with Crippen molar-refractivity contribution in [3.63, 3.8) is 0 Å². The van der Waals surface area contributed by atoms with Crippen molar-refractivity contribution >= 4 is 23.2 Å². The number of carbonyl (C=O) groups excluding carboxylic acids is 1. The first-order chi connectivity index (χ1) is 10.1. The molecule has 1 aromatic carbocycles. The SMILES string of the molecule is C=CCNC(=S)NNC(=O)C(C)Oc1cccc(OC)c1. The lowest BCUT2D eigenvalue weighted by Crippen LogP contribution is -2.50. The maximum absolute atomic E-state index is 11.8. The predicted molar refractivity (Wildman–Crippen MR) is 85.2 cm³/mol. The summed E-state index contributed by atoms with van der Waals surface area (Å²) in [5.41, 5.74) is 5.03. The molecule has 114 valence electrons. The highest BCUT2D eigenvalue weighted by Crippen LogP contribution is 2.19. The number of rotatable bonds is 6. The molecule has 0 aliphatic carbocycles. The number of thiocarbonyl (C=S) groups is 1. The highest BCUT2D eigenvalue weighted by atomic mass is 32.1. The maximum atomic E-state index is 11.8. The lowest BCUT2D eigenvalue weighted by molar-refractivity contribution is -0.127. The number of amides is 1. The summed E-state index contributed by atoms with van der Waals surface area (Å²) in [5.74, 6) is 0.859. The Hall–Kier alpha value is -2.28. The molecule has 7 heteroatoms. The molecule has 6 nitrogen and oxygen atoms in total. The van der Waals surface area contributed by atoms with Gasteiger partial charge in [-0.15, -0.1) is 6.58 Å². The first-order valence-electron chi connectivity index (χ1n) is 6.32. The van der Waals surface area contributed by atoms with Gasteiger partial charge in [-0.05, 0) is 31.3 Å². The lowest BCUT2D eigenvalue weighted by atomic mass is 10.3. The Bertz CT molecular complexity index is 508. The smallest absolute Gasteiger partial charge is 0.279 e. The molecule has 0 aromatic heterocycles. The standard InChI is InChI=1S/C14H19N3O3S/c1-4-8-15-14(21)17-16-13(18)10(2)20-12-7-5-6-11(9-12)19-3/h4-7,9-10H,1,8H2,2-3H3,(H,16,18)(H2,15,17,21). The summed E-state index contributed by atoms with van der Waals surface area (Å²) in [4.78, 5) is 11.8. The Labute approximate surface area is 129 Å². The number of ether oxygens (including phenoxy) is 2. The van der Waals surface area contributed by atoms with Gasteiger partial charge in [-0.25, -0.2) is 0 Å². The summed E-state index contributed by atoms with van der Waals surface area (Å²) in [6.45, 7) is 5.70. The second kappa shape index (κ2) is 8.80. The minimum absolute atomic E-state index is 0.303. The van der Waals surface area contributed by atoms with Crippen LogP contribution in [-0.4, -0.2) is 30.8 Å². The van der Waals surface area contributed by atoms with Gasteiger partial charge >= 0.3 is 0 Å². The van der Waals surface area contributed by atoms with Crippen molar-refractivity contribution in [3.05, 3.63) is 36.9 Å². The predicted octanol–water partition coefficient (Wildman–Crippen LogP) is 1.14. The Kier molecular flexibility index (Phi) is 7.03. The Morgan fingerprint density at radius 3 is 2.81 bits per heavy atom. The molecule has 3 N–H and O–H groups in total. The molecule has 0 aliphatic heterocycles. The summed E-state index contributed by atoms with van der Waals surface area (Å²) < 4.78 is 10.6. The van der Waals surface area contributed by atoms with Crippen LogP contribution in [0.1, 0.15) is 6.92 Å². The Balaban J connectivity index is 2.43. The van der Waals surface area contributed by atoms with E-state index in [9.17, 15) is 4.79 Å². The molecule has 0 bridgehead atoms. The van der Waals surface area contributed by atoms with Crippen LogP contribution in [0.5, 0.6) is 11.5 Å². The molecule has 1 atom stereocenters. The van der Waals surface area contributed by atoms with Gasteiger partial charge in [-0.2, -0.15) is 0 Å². The van der Waals surface area contributed by atoms with Crippen LogP contribution >= 0.6 is 12.2 Å². The van der Waals surface area contributed by atoms with Crippen molar-refractivity contribution in [2.24, 2.45) is 0 Å². The van der Waals surface area contributed by atoms with Gasteiger partial charge in [0.15, 0.2) is 11.2 Å². The van der Waals surface area contributed by atoms with Crippen molar-refractivity contribution in [1.29, 1.82) is 0 Å². The van der Waals surface area contributed by atoms with Gasteiger partial charge in [0.25, 0.3) is 5.91 Å². The molecule has 0 saturated carbocycles. The number of hydrogen-bond acceptors (Lipinski definition) is 4. The zero-order valence-corrected chi connectivity index (χ0v) is 12.8. The summed E-state index contributed by atoms with van der Waals surface area (Å²) in [6.07, 6.45) is 0.969. The number of hydrogen-bond donors (Lipinski definition) is 3. The monoisotopic (exact) mass is 309 g/mol. The summed E-state index contributed by atoms with van der Waals surface area (Å²) in [6, 6.07) is 7.03. The molecule has 0 saturated heterocycles. The third-order valence-electron chi connectivity index (χ3n) is 2.43. The highest BCUT2D eigenvalue weighted by Gasteiger charge is 2.14. The van der Waals surface area contributed by atoms with Crippen LogP contribution in [0.2, 0.25) is 0 Å². The van der Waals surface area contributed by atoms with Crippen molar-refractivity contribution < 1.29 is 14.3 Å². The fraction of sp³-hybridized carbons (Fsp3) is 0.286. The van der Waals surface area contributed by atoms with E-state index in [2.05, 4.69) is 22.7 Å². The molecule has 0 fully saturated rings. The van der Waals surface area contributed by atoms with E-state index in [0.717, 1.165) is 0 Å². The van der Waals surface area contributed by atoms with Crippen molar-refractivity contribution in [1.82, 2.24) is 16.2 Å².